The van der Waals surface area contributed by atoms with Crippen molar-refractivity contribution >= 4 is 17.1 Å². The molecule has 0 spiro atoms. The zero-order valence-corrected chi connectivity index (χ0v) is 13.4. The average Bonchev–Trinajstić information content (AvgIpc) is 2.98. The number of aryl methyl sites for hydroxylation is 1. The van der Waals surface area contributed by atoms with Gasteiger partial charge < -0.3 is 5.11 Å². The highest BCUT2D eigenvalue weighted by Gasteiger charge is 2.21. The highest BCUT2D eigenvalue weighted by molar-refractivity contribution is 5.95. The Morgan fingerprint density at radius 1 is 0.960 bits per heavy atom. The maximum absolute atomic E-state index is 11.7. The van der Waals surface area contributed by atoms with Gasteiger partial charge in [-0.3, -0.25) is 0 Å². The van der Waals surface area contributed by atoms with Crippen LogP contribution in [0.2, 0.25) is 0 Å². The van der Waals surface area contributed by atoms with Crippen molar-refractivity contribution in [2.24, 2.45) is 0 Å². The number of carboxylic acids is 1. The third-order valence-corrected chi connectivity index (χ3v) is 3.92. The number of hydrogen-bond donors (Lipinski definition) is 1. The van der Waals surface area contributed by atoms with Crippen LogP contribution < -0.4 is 0 Å². The number of rotatable bonds is 3. The molecule has 0 atom stereocenters. The summed E-state index contributed by atoms with van der Waals surface area (Å²) in [5.74, 6) is -1.11. The standard InChI is InChI=1S/C19H14N4O2/c1-12-15-18(23(22-12)14-10-6-3-7-11-14)21-16(17(20-15)19(24)25)13-8-4-2-5-9-13/h2-11H,1H3,(H,24,25). The van der Waals surface area contributed by atoms with Crippen molar-refractivity contribution < 1.29 is 9.90 Å². The first-order valence-electron chi connectivity index (χ1n) is 7.76. The van der Waals surface area contributed by atoms with Gasteiger partial charge in [0.2, 0.25) is 0 Å². The molecule has 0 aliphatic heterocycles. The molecule has 0 saturated heterocycles. The lowest BCUT2D eigenvalue weighted by molar-refractivity contribution is 0.0691. The first-order valence-corrected chi connectivity index (χ1v) is 7.76. The van der Waals surface area contributed by atoms with Gasteiger partial charge in [0.1, 0.15) is 11.2 Å². The van der Waals surface area contributed by atoms with Crippen LogP contribution in [0.25, 0.3) is 28.1 Å². The van der Waals surface area contributed by atoms with E-state index in [1.807, 2.05) is 60.7 Å². The Bertz CT molecular complexity index is 1070. The van der Waals surface area contributed by atoms with Gasteiger partial charge in [-0.1, -0.05) is 48.5 Å². The molecule has 0 bridgehead atoms. The van der Waals surface area contributed by atoms with Crippen LogP contribution in [0.15, 0.2) is 60.7 Å². The molecule has 2 aromatic carbocycles. The molecule has 2 aromatic heterocycles. The Morgan fingerprint density at radius 3 is 2.24 bits per heavy atom. The molecule has 1 N–H and O–H groups in total. The smallest absolute Gasteiger partial charge is 0.356 e. The second kappa shape index (κ2) is 5.83. The van der Waals surface area contributed by atoms with Crippen LogP contribution in [0.5, 0.6) is 0 Å². The van der Waals surface area contributed by atoms with E-state index in [1.54, 1.807) is 11.6 Å². The number of aromatic carboxylic acids is 1. The largest absolute Gasteiger partial charge is 0.476 e. The SMILES string of the molecule is Cc1nn(-c2ccccc2)c2nc(-c3ccccc3)c(C(=O)O)nc12. The molecule has 0 aliphatic rings. The third-order valence-electron chi connectivity index (χ3n) is 3.92. The van der Waals surface area contributed by atoms with Crippen molar-refractivity contribution in [2.45, 2.75) is 6.92 Å². The van der Waals surface area contributed by atoms with Crippen molar-refractivity contribution in [3.63, 3.8) is 0 Å². The van der Waals surface area contributed by atoms with Crippen molar-refractivity contribution in [3.05, 3.63) is 72.1 Å². The number of para-hydroxylation sites is 1. The van der Waals surface area contributed by atoms with Gasteiger partial charge in [0.15, 0.2) is 11.3 Å². The Labute approximate surface area is 143 Å². The van der Waals surface area contributed by atoms with Crippen molar-refractivity contribution in [1.82, 2.24) is 19.7 Å². The highest BCUT2D eigenvalue weighted by atomic mass is 16.4. The maximum atomic E-state index is 11.7. The summed E-state index contributed by atoms with van der Waals surface area (Å²) < 4.78 is 1.69. The van der Waals surface area contributed by atoms with Crippen molar-refractivity contribution in [3.8, 4) is 16.9 Å². The lowest BCUT2D eigenvalue weighted by Gasteiger charge is -2.07. The lowest BCUT2D eigenvalue weighted by atomic mass is 10.1. The fourth-order valence-corrected chi connectivity index (χ4v) is 2.76. The Balaban J connectivity index is 2.05. The van der Waals surface area contributed by atoms with Gasteiger partial charge in [0, 0.05) is 5.56 Å². The van der Waals surface area contributed by atoms with Crippen LogP contribution >= 0.6 is 0 Å². The van der Waals surface area contributed by atoms with Crippen LogP contribution in [0, 0.1) is 6.92 Å². The molecule has 6 nitrogen and oxygen atoms in total. The average molecular weight is 330 g/mol. The number of carbonyl (C=O) groups is 1. The van der Waals surface area contributed by atoms with E-state index in [1.165, 1.54) is 0 Å². The monoisotopic (exact) mass is 330 g/mol. The molecule has 6 heteroatoms. The van der Waals surface area contributed by atoms with E-state index in [0.717, 1.165) is 5.69 Å². The molecule has 122 valence electrons. The van der Waals surface area contributed by atoms with Crippen LogP contribution in [-0.4, -0.2) is 30.8 Å². The number of carboxylic acid groups (broad SMARTS) is 1. The fraction of sp³-hybridized carbons (Fsp3) is 0.0526. The van der Waals surface area contributed by atoms with Crippen molar-refractivity contribution in [2.75, 3.05) is 0 Å². The number of nitrogens with zero attached hydrogens (tertiary/aromatic N) is 4. The molecule has 0 saturated carbocycles. The van der Waals surface area contributed by atoms with E-state index in [9.17, 15) is 9.90 Å². The molecular weight excluding hydrogens is 316 g/mol. The first-order chi connectivity index (χ1) is 12.1. The van der Waals surface area contributed by atoms with Gasteiger partial charge >= 0.3 is 5.97 Å². The van der Waals surface area contributed by atoms with Gasteiger partial charge in [-0.05, 0) is 19.1 Å². The molecule has 4 rings (SSSR count). The first kappa shape index (κ1) is 15.0. The Kier molecular flexibility index (Phi) is 3.50. The summed E-state index contributed by atoms with van der Waals surface area (Å²) in [5, 5.41) is 14.1. The summed E-state index contributed by atoms with van der Waals surface area (Å²) >= 11 is 0. The van der Waals surface area contributed by atoms with Gasteiger partial charge in [0.25, 0.3) is 0 Å². The summed E-state index contributed by atoms with van der Waals surface area (Å²) in [4.78, 5) is 20.7. The lowest BCUT2D eigenvalue weighted by Crippen LogP contribution is -2.07. The van der Waals surface area contributed by atoms with Gasteiger partial charge in [-0.15, -0.1) is 0 Å². The summed E-state index contributed by atoms with van der Waals surface area (Å²) in [5.41, 5.74) is 3.46. The van der Waals surface area contributed by atoms with Crippen LogP contribution in [0.1, 0.15) is 16.2 Å². The number of fused-ring (bicyclic) bond motifs is 1. The molecule has 0 radical (unpaired) electrons. The minimum absolute atomic E-state index is 0.0746. The van der Waals surface area contributed by atoms with Crippen LogP contribution in [-0.2, 0) is 0 Å². The normalized spacial score (nSPS) is 10.9. The third kappa shape index (κ3) is 2.53. The minimum Gasteiger partial charge on any atom is -0.476 e. The molecule has 0 aliphatic carbocycles. The predicted molar refractivity (Wildman–Crippen MR) is 93.8 cm³/mol. The summed E-state index contributed by atoms with van der Waals surface area (Å²) in [6, 6.07) is 18.8. The molecule has 25 heavy (non-hydrogen) atoms. The summed E-state index contributed by atoms with van der Waals surface area (Å²) in [6.07, 6.45) is 0. The number of hydrogen-bond acceptors (Lipinski definition) is 4. The number of benzene rings is 2. The fourth-order valence-electron chi connectivity index (χ4n) is 2.76. The second-order valence-electron chi connectivity index (χ2n) is 5.60. The molecule has 0 fully saturated rings. The summed E-state index contributed by atoms with van der Waals surface area (Å²) in [7, 11) is 0. The zero-order chi connectivity index (χ0) is 17.4. The molecule has 0 amide bonds. The van der Waals surface area contributed by atoms with E-state index in [4.69, 9.17) is 0 Å². The van der Waals surface area contributed by atoms with Crippen LogP contribution in [0.4, 0.5) is 0 Å². The molecule has 2 heterocycles. The Hall–Kier alpha value is -3.54. The van der Waals surface area contributed by atoms with E-state index in [0.29, 0.717) is 28.1 Å². The van der Waals surface area contributed by atoms with Gasteiger partial charge in [-0.2, -0.15) is 5.10 Å². The topological polar surface area (TPSA) is 80.9 Å². The Morgan fingerprint density at radius 2 is 1.60 bits per heavy atom. The quantitative estimate of drug-likeness (QED) is 0.622. The zero-order valence-electron chi connectivity index (χ0n) is 13.4. The van der Waals surface area contributed by atoms with E-state index in [-0.39, 0.29) is 5.69 Å². The minimum atomic E-state index is -1.11. The number of aromatic nitrogens is 4. The van der Waals surface area contributed by atoms with Crippen LogP contribution in [0.3, 0.4) is 0 Å². The van der Waals surface area contributed by atoms with Gasteiger partial charge in [-0.25, -0.2) is 19.4 Å². The molecular formula is C19H14N4O2. The van der Waals surface area contributed by atoms with E-state index in [2.05, 4.69) is 15.1 Å². The summed E-state index contributed by atoms with van der Waals surface area (Å²) in [6.45, 7) is 1.80. The van der Waals surface area contributed by atoms with E-state index >= 15 is 0 Å². The second-order valence-corrected chi connectivity index (χ2v) is 5.60. The van der Waals surface area contributed by atoms with Gasteiger partial charge in [0.05, 0.1) is 11.4 Å². The molecule has 4 aromatic rings. The highest BCUT2D eigenvalue weighted by Crippen LogP contribution is 2.26. The predicted octanol–water partition coefficient (Wildman–Crippen LogP) is 3.49. The van der Waals surface area contributed by atoms with E-state index < -0.39 is 5.97 Å². The van der Waals surface area contributed by atoms with Crippen molar-refractivity contribution in [1.29, 1.82) is 0 Å². The molecule has 0 unspecified atom stereocenters. The maximum Gasteiger partial charge on any atom is 0.356 e.